The van der Waals surface area contributed by atoms with Crippen LogP contribution in [0.15, 0.2) is 30.3 Å². The predicted octanol–water partition coefficient (Wildman–Crippen LogP) is 2.22. The van der Waals surface area contributed by atoms with Crippen LogP contribution in [0.25, 0.3) is 0 Å². The van der Waals surface area contributed by atoms with Crippen LogP contribution >= 0.6 is 0 Å². The molecule has 0 aromatic heterocycles. The molecule has 2 rings (SSSR count). The molecule has 1 heterocycles. The highest BCUT2D eigenvalue weighted by atomic mass is 16.2. The number of carbonyl (C=O) groups excluding carboxylic acids is 1. The predicted molar refractivity (Wildman–Crippen MR) is 78.0 cm³/mol. The van der Waals surface area contributed by atoms with E-state index in [1.807, 2.05) is 18.0 Å². The van der Waals surface area contributed by atoms with Gasteiger partial charge in [-0.2, -0.15) is 0 Å². The van der Waals surface area contributed by atoms with E-state index in [4.69, 9.17) is 0 Å². The summed E-state index contributed by atoms with van der Waals surface area (Å²) in [5.74, 6) is 0.325. The van der Waals surface area contributed by atoms with Crippen LogP contribution in [0.1, 0.15) is 31.2 Å². The highest BCUT2D eigenvalue weighted by Gasteiger charge is 2.20. The molecule has 19 heavy (non-hydrogen) atoms. The lowest BCUT2D eigenvalue weighted by atomic mass is 10.0. The molecule has 1 aromatic carbocycles. The van der Waals surface area contributed by atoms with Crippen LogP contribution in [0.5, 0.6) is 0 Å². The molecule has 0 saturated carbocycles. The fraction of sp³-hybridized carbons (Fsp3) is 0.562. The number of carbonyl (C=O) groups is 1. The number of nitrogens with zero attached hydrogens (tertiary/aromatic N) is 1. The van der Waals surface area contributed by atoms with Gasteiger partial charge in [-0.1, -0.05) is 30.3 Å². The molecule has 0 atom stereocenters. The molecule has 1 fully saturated rings. The molecule has 0 spiro atoms. The number of piperidine rings is 1. The summed E-state index contributed by atoms with van der Waals surface area (Å²) in [7, 11) is 2.00. The zero-order valence-electron chi connectivity index (χ0n) is 11.8. The first-order valence-corrected chi connectivity index (χ1v) is 7.28. The minimum Gasteiger partial charge on any atom is -0.343 e. The molecule has 1 aromatic rings. The monoisotopic (exact) mass is 260 g/mol. The molecule has 3 heteroatoms. The lowest BCUT2D eigenvalue weighted by molar-refractivity contribution is -0.132. The number of rotatable bonds is 5. The summed E-state index contributed by atoms with van der Waals surface area (Å²) >= 11 is 0. The number of hydrogen-bond acceptors (Lipinski definition) is 2. The summed E-state index contributed by atoms with van der Waals surface area (Å²) in [5, 5.41) is 3.29. The van der Waals surface area contributed by atoms with E-state index in [2.05, 4.69) is 29.6 Å². The van der Waals surface area contributed by atoms with Crippen LogP contribution in [0.4, 0.5) is 0 Å². The van der Waals surface area contributed by atoms with Gasteiger partial charge in [0.05, 0.1) is 0 Å². The Kier molecular flexibility index (Phi) is 5.40. The van der Waals surface area contributed by atoms with Crippen molar-refractivity contribution in [2.45, 2.75) is 38.1 Å². The number of nitrogens with one attached hydrogen (secondary N) is 1. The SMILES string of the molecule is CNC1CCN(C(=O)CCCc2ccccc2)CC1. The summed E-state index contributed by atoms with van der Waals surface area (Å²) in [6.45, 7) is 1.82. The minimum absolute atomic E-state index is 0.325. The average molecular weight is 260 g/mol. The van der Waals surface area contributed by atoms with E-state index >= 15 is 0 Å². The number of hydrogen-bond donors (Lipinski definition) is 1. The van der Waals surface area contributed by atoms with Crippen LogP contribution in [0.3, 0.4) is 0 Å². The molecule has 104 valence electrons. The van der Waals surface area contributed by atoms with Gasteiger partial charge in [0.2, 0.25) is 5.91 Å². The van der Waals surface area contributed by atoms with Crippen molar-refractivity contribution >= 4 is 5.91 Å². The summed E-state index contributed by atoms with van der Waals surface area (Å²) in [5.41, 5.74) is 1.32. The Morgan fingerprint density at radius 3 is 2.58 bits per heavy atom. The number of likely N-dealkylation sites (tertiary alicyclic amines) is 1. The summed E-state index contributed by atoms with van der Waals surface area (Å²) < 4.78 is 0. The highest BCUT2D eigenvalue weighted by molar-refractivity contribution is 5.76. The summed E-state index contributed by atoms with van der Waals surface area (Å²) in [4.78, 5) is 14.1. The van der Waals surface area contributed by atoms with Crippen LogP contribution < -0.4 is 5.32 Å². The lowest BCUT2D eigenvalue weighted by Crippen LogP contribution is -2.43. The fourth-order valence-corrected chi connectivity index (χ4v) is 2.66. The van der Waals surface area contributed by atoms with Gasteiger partial charge in [-0.05, 0) is 38.3 Å². The van der Waals surface area contributed by atoms with Crippen molar-refractivity contribution in [3.05, 3.63) is 35.9 Å². The van der Waals surface area contributed by atoms with Crippen molar-refractivity contribution in [1.82, 2.24) is 10.2 Å². The molecular formula is C16H24N2O. The Bertz CT molecular complexity index is 383. The first kappa shape index (κ1) is 14.1. The molecular weight excluding hydrogens is 236 g/mol. The molecule has 1 N–H and O–H groups in total. The van der Waals surface area contributed by atoms with Gasteiger partial charge in [-0.25, -0.2) is 0 Å². The van der Waals surface area contributed by atoms with Gasteiger partial charge in [0.25, 0.3) is 0 Å². The van der Waals surface area contributed by atoms with E-state index in [0.717, 1.165) is 38.8 Å². The van der Waals surface area contributed by atoms with Gasteiger partial charge in [0.1, 0.15) is 0 Å². The molecule has 1 aliphatic heterocycles. The second kappa shape index (κ2) is 7.29. The van der Waals surface area contributed by atoms with Gasteiger partial charge >= 0.3 is 0 Å². The normalized spacial score (nSPS) is 16.6. The van der Waals surface area contributed by atoms with E-state index in [0.29, 0.717) is 18.4 Å². The largest absolute Gasteiger partial charge is 0.343 e. The topological polar surface area (TPSA) is 32.3 Å². The van der Waals surface area contributed by atoms with Crippen molar-refractivity contribution in [3.63, 3.8) is 0 Å². The highest BCUT2D eigenvalue weighted by Crippen LogP contribution is 2.12. The van der Waals surface area contributed by atoms with Gasteiger partial charge in [-0.3, -0.25) is 4.79 Å². The first-order valence-electron chi connectivity index (χ1n) is 7.28. The Balaban J connectivity index is 1.67. The van der Waals surface area contributed by atoms with Gasteiger partial charge < -0.3 is 10.2 Å². The van der Waals surface area contributed by atoms with E-state index in [-0.39, 0.29) is 0 Å². The van der Waals surface area contributed by atoms with Crippen molar-refractivity contribution < 1.29 is 4.79 Å². The van der Waals surface area contributed by atoms with E-state index in [1.54, 1.807) is 0 Å². The Hall–Kier alpha value is -1.35. The standard InChI is InChI=1S/C16H24N2O/c1-17-15-10-12-18(13-11-15)16(19)9-5-8-14-6-3-2-4-7-14/h2-4,6-7,15,17H,5,8-13H2,1H3. The zero-order valence-corrected chi connectivity index (χ0v) is 11.8. The molecule has 3 nitrogen and oxygen atoms in total. The second-order valence-electron chi connectivity index (χ2n) is 5.28. The number of benzene rings is 1. The molecule has 0 bridgehead atoms. The van der Waals surface area contributed by atoms with E-state index < -0.39 is 0 Å². The Labute approximate surface area is 116 Å². The molecule has 1 amide bonds. The second-order valence-corrected chi connectivity index (χ2v) is 5.28. The number of aryl methyl sites for hydroxylation is 1. The molecule has 0 unspecified atom stereocenters. The van der Waals surface area contributed by atoms with Crippen LogP contribution in [0, 0.1) is 0 Å². The minimum atomic E-state index is 0.325. The van der Waals surface area contributed by atoms with E-state index in [1.165, 1.54) is 5.56 Å². The van der Waals surface area contributed by atoms with Crippen molar-refractivity contribution in [3.8, 4) is 0 Å². The third kappa shape index (κ3) is 4.35. The maximum atomic E-state index is 12.1. The quantitative estimate of drug-likeness (QED) is 0.880. The van der Waals surface area contributed by atoms with Gasteiger partial charge in [-0.15, -0.1) is 0 Å². The first-order chi connectivity index (χ1) is 9.29. The smallest absolute Gasteiger partial charge is 0.222 e. The maximum Gasteiger partial charge on any atom is 0.222 e. The fourth-order valence-electron chi connectivity index (χ4n) is 2.66. The van der Waals surface area contributed by atoms with Crippen LogP contribution in [-0.2, 0) is 11.2 Å². The van der Waals surface area contributed by atoms with Crippen molar-refractivity contribution in [2.75, 3.05) is 20.1 Å². The molecule has 0 aliphatic carbocycles. The van der Waals surface area contributed by atoms with Crippen LogP contribution in [-0.4, -0.2) is 37.0 Å². The van der Waals surface area contributed by atoms with Crippen molar-refractivity contribution in [2.24, 2.45) is 0 Å². The zero-order chi connectivity index (χ0) is 13.5. The Morgan fingerprint density at radius 2 is 1.95 bits per heavy atom. The summed E-state index contributed by atoms with van der Waals surface area (Å²) in [6, 6.07) is 11.0. The Morgan fingerprint density at radius 1 is 1.26 bits per heavy atom. The third-order valence-electron chi connectivity index (χ3n) is 3.95. The van der Waals surface area contributed by atoms with Crippen molar-refractivity contribution in [1.29, 1.82) is 0 Å². The molecule has 0 radical (unpaired) electrons. The van der Waals surface area contributed by atoms with Crippen LogP contribution in [0.2, 0.25) is 0 Å². The van der Waals surface area contributed by atoms with Gasteiger partial charge in [0.15, 0.2) is 0 Å². The van der Waals surface area contributed by atoms with Gasteiger partial charge in [0, 0.05) is 25.6 Å². The summed E-state index contributed by atoms with van der Waals surface area (Å²) in [6.07, 6.45) is 4.80. The number of amides is 1. The molecule has 1 saturated heterocycles. The van der Waals surface area contributed by atoms with E-state index in [9.17, 15) is 4.79 Å². The molecule has 1 aliphatic rings. The third-order valence-corrected chi connectivity index (χ3v) is 3.95. The maximum absolute atomic E-state index is 12.1. The average Bonchev–Trinajstić information content (AvgIpc) is 2.48. The lowest BCUT2D eigenvalue weighted by Gasteiger charge is -2.31.